The fraction of sp³-hybridized carbons (Fsp3) is 0.680. The van der Waals surface area contributed by atoms with Crippen LogP contribution < -0.4 is 0 Å². The highest BCUT2D eigenvalue weighted by Crippen LogP contribution is 2.18. The topological polar surface area (TPSA) is 61.8 Å². The third-order valence-electron chi connectivity index (χ3n) is 5.30. The summed E-state index contributed by atoms with van der Waals surface area (Å²) in [6, 6.07) is 6.72. The van der Waals surface area contributed by atoms with Crippen LogP contribution in [0.15, 0.2) is 24.3 Å². The standard InChI is InChI=1S/C25H40O5/c1-4-6-8-9-12-18-29-24(26)22-14-10-11-15-23(22)25(27)30-20-17-21(13-7-5-2)16-19-28-3/h10-11,14-15,21H,4-9,12-13,16-20H2,1-3H3. The van der Waals surface area contributed by atoms with E-state index in [4.69, 9.17) is 14.2 Å². The third kappa shape index (κ3) is 10.8. The molecule has 1 atom stereocenters. The molecule has 0 bridgehead atoms. The molecule has 0 heterocycles. The molecule has 5 nitrogen and oxygen atoms in total. The van der Waals surface area contributed by atoms with Gasteiger partial charge in [0.15, 0.2) is 0 Å². The second kappa shape index (κ2) is 16.9. The summed E-state index contributed by atoms with van der Waals surface area (Å²) in [5.41, 5.74) is 0.549. The van der Waals surface area contributed by atoms with Crippen molar-refractivity contribution in [1.82, 2.24) is 0 Å². The van der Waals surface area contributed by atoms with Gasteiger partial charge in [-0.25, -0.2) is 9.59 Å². The zero-order valence-electron chi connectivity index (χ0n) is 19.1. The minimum Gasteiger partial charge on any atom is -0.462 e. The van der Waals surface area contributed by atoms with Crippen LogP contribution in [0.4, 0.5) is 0 Å². The van der Waals surface area contributed by atoms with Crippen LogP contribution in [0.25, 0.3) is 0 Å². The van der Waals surface area contributed by atoms with E-state index in [0.29, 0.717) is 19.1 Å². The number of benzene rings is 1. The van der Waals surface area contributed by atoms with Crippen molar-refractivity contribution in [3.05, 3.63) is 35.4 Å². The smallest absolute Gasteiger partial charge is 0.339 e. The van der Waals surface area contributed by atoms with Gasteiger partial charge in [0.1, 0.15) is 0 Å². The molecule has 0 aliphatic carbocycles. The summed E-state index contributed by atoms with van der Waals surface area (Å²) in [7, 11) is 1.71. The van der Waals surface area contributed by atoms with Crippen molar-refractivity contribution >= 4 is 11.9 Å². The van der Waals surface area contributed by atoms with Crippen LogP contribution in [0.1, 0.15) is 98.8 Å². The van der Waals surface area contributed by atoms with Crippen LogP contribution in [-0.2, 0) is 14.2 Å². The first kappa shape index (κ1) is 26.2. The number of hydrogen-bond donors (Lipinski definition) is 0. The molecule has 0 radical (unpaired) electrons. The third-order valence-corrected chi connectivity index (χ3v) is 5.30. The molecular formula is C25H40O5. The van der Waals surface area contributed by atoms with Gasteiger partial charge in [0.2, 0.25) is 0 Å². The van der Waals surface area contributed by atoms with E-state index in [9.17, 15) is 9.59 Å². The number of methoxy groups -OCH3 is 1. The Hall–Kier alpha value is -1.88. The maximum absolute atomic E-state index is 12.6. The molecule has 30 heavy (non-hydrogen) atoms. The zero-order chi connectivity index (χ0) is 22.0. The lowest BCUT2D eigenvalue weighted by molar-refractivity contribution is 0.0436. The number of carbonyl (C=O) groups excluding carboxylic acids is 2. The summed E-state index contributed by atoms with van der Waals surface area (Å²) >= 11 is 0. The van der Waals surface area contributed by atoms with Crippen LogP contribution in [-0.4, -0.2) is 38.9 Å². The monoisotopic (exact) mass is 420 g/mol. The zero-order valence-corrected chi connectivity index (χ0v) is 19.1. The number of ether oxygens (including phenoxy) is 3. The van der Waals surface area contributed by atoms with Gasteiger partial charge in [-0.15, -0.1) is 0 Å². The van der Waals surface area contributed by atoms with Crippen LogP contribution in [0, 0.1) is 5.92 Å². The van der Waals surface area contributed by atoms with Gasteiger partial charge in [-0.2, -0.15) is 0 Å². The van der Waals surface area contributed by atoms with Gasteiger partial charge >= 0.3 is 11.9 Å². The van der Waals surface area contributed by atoms with Crippen molar-refractivity contribution in [3.8, 4) is 0 Å². The number of hydrogen-bond acceptors (Lipinski definition) is 5. The molecule has 0 fully saturated rings. The van der Waals surface area contributed by atoms with E-state index in [1.807, 2.05) is 0 Å². The average Bonchev–Trinajstić information content (AvgIpc) is 2.77. The lowest BCUT2D eigenvalue weighted by Gasteiger charge is -2.16. The molecule has 1 rings (SSSR count). The number of rotatable bonds is 17. The SMILES string of the molecule is CCCCCCCOC(=O)c1ccccc1C(=O)OCCC(CCCC)CCOC. The summed E-state index contributed by atoms with van der Waals surface area (Å²) in [5.74, 6) is -0.448. The molecule has 0 spiro atoms. The minimum absolute atomic E-state index is 0.274. The molecule has 0 aromatic heterocycles. The highest BCUT2D eigenvalue weighted by Gasteiger charge is 2.19. The Labute approximate surface area is 182 Å². The predicted octanol–water partition coefficient (Wildman–Crippen LogP) is 6.20. The first-order valence-corrected chi connectivity index (χ1v) is 11.6. The average molecular weight is 421 g/mol. The Kier molecular flexibility index (Phi) is 14.7. The van der Waals surface area contributed by atoms with Crippen molar-refractivity contribution < 1.29 is 23.8 Å². The molecule has 5 heteroatoms. The van der Waals surface area contributed by atoms with Crippen molar-refractivity contribution in [2.75, 3.05) is 26.9 Å². The largest absolute Gasteiger partial charge is 0.462 e. The normalized spacial score (nSPS) is 11.8. The van der Waals surface area contributed by atoms with Crippen molar-refractivity contribution in [2.24, 2.45) is 5.92 Å². The molecule has 0 saturated carbocycles. The first-order chi connectivity index (χ1) is 14.6. The quantitative estimate of drug-likeness (QED) is 0.222. The van der Waals surface area contributed by atoms with Gasteiger partial charge in [-0.1, -0.05) is 70.9 Å². The molecule has 1 unspecified atom stereocenters. The Morgan fingerprint density at radius 2 is 1.30 bits per heavy atom. The van der Waals surface area contributed by atoms with Crippen molar-refractivity contribution in [3.63, 3.8) is 0 Å². The summed E-state index contributed by atoms with van der Waals surface area (Å²) in [6.45, 7) is 5.79. The van der Waals surface area contributed by atoms with Crippen LogP contribution in [0.3, 0.4) is 0 Å². The number of unbranched alkanes of at least 4 members (excludes halogenated alkanes) is 5. The summed E-state index contributed by atoms with van der Waals surface area (Å²) < 4.78 is 16.1. The molecular weight excluding hydrogens is 380 g/mol. The molecule has 0 N–H and O–H groups in total. The van der Waals surface area contributed by atoms with Crippen LogP contribution in [0.2, 0.25) is 0 Å². The first-order valence-electron chi connectivity index (χ1n) is 11.6. The van der Waals surface area contributed by atoms with E-state index < -0.39 is 11.9 Å². The molecule has 0 aliphatic heterocycles. The summed E-state index contributed by atoms with van der Waals surface area (Å²) in [4.78, 5) is 25.0. The van der Waals surface area contributed by atoms with Crippen molar-refractivity contribution in [1.29, 1.82) is 0 Å². The number of esters is 2. The van der Waals surface area contributed by atoms with E-state index in [1.165, 1.54) is 12.8 Å². The fourth-order valence-electron chi connectivity index (χ4n) is 3.39. The fourth-order valence-corrected chi connectivity index (χ4v) is 3.39. The Morgan fingerprint density at radius 1 is 0.733 bits per heavy atom. The number of carbonyl (C=O) groups is 2. The van der Waals surface area contributed by atoms with Gasteiger partial charge in [0.05, 0.1) is 24.3 Å². The van der Waals surface area contributed by atoms with Gasteiger partial charge in [0, 0.05) is 13.7 Å². The second-order valence-corrected chi connectivity index (χ2v) is 7.81. The Morgan fingerprint density at radius 3 is 1.90 bits per heavy atom. The molecule has 0 amide bonds. The van der Waals surface area contributed by atoms with Gasteiger partial charge in [-0.3, -0.25) is 0 Å². The second-order valence-electron chi connectivity index (χ2n) is 7.81. The molecule has 0 aliphatic rings. The van der Waals surface area contributed by atoms with Gasteiger partial charge in [-0.05, 0) is 37.3 Å². The highest BCUT2D eigenvalue weighted by molar-refractivity contribution is 6.03. The van der Waals surface area contributed by atoms with E-state index in [0.717, 1.165) is 58.0 Å². The Bertz CT molecular complexity index is 591. The van der Waals surface area contributed by atoms with E-state index in [-0.39, 0.29) is 11.1 Å². The van der Waals surface area contributed by atoms with E-state index in [1.54, 1.807) is 31.4 Å². The van der Waals surface area contributed by atoms with Crippen LogP contribution >= 0.6 is 0 Å². The summed E-state index contributed by atoms with van der Waals surface area (Å²) in [6.07, 6.45) is 10.6. The van der Waals surface area contributed by atoms with Crippen molar-refractivity contribution in [2.45, 2.75) is 78.1 Å². The van der Waals surface area contributed by atoms with Gasteiger partial charge < -0.3 is 14.2 Å². The lowest BCUT2D eigenvalue weighted by atomic mass is 9.96. The Balaban J connectivity index is 2.52. The van der Waals surface area contributed by atoms with Gasteiger partial charge in [0.25, 0.3) is 0 Å². The van der Waals surface area contributed by atoms with Crippen LogP contribution in [0.5, 0.6) is 0 Å². The highest BCUT2D eigenvalue weighted by atomic mass is 16.5. The minimum atomic E-state index is -0.466. The molecule has 1 aromatic rings. The molecule has 0 saturated heterocycles. The van der Waals surface area contributed by atoms with E-state index in [2.05, 4.69) is 13.8 Å². The lowest BCUT2D eigenvalue weighted by Crippen LogP contribution is -2.16. The molecule has 1 aromatic carbocycles. The maximum Gasteiger partial charge on any atom is 0.339 e. The summed E-state index contributed by atoms with van der Waals surface area (Å²) in [5, 5.41) is 0. The molecule has 170 valence electrons. The maximum atomic E-state index is 12.6. The predicted molar refractivity (Wildman–Crippen MR) is 120 cm³/mol. The van der Waals surface area contributed by atoms with E-state index >= 15 is 0 Å².